The summed E-state index contributed by atoms with van der Waals surface area (Å²) in [7, 11) is 0. The molecule has 1 aromatic rings. The molecule has 0 aliphatic carbocycles. The highest BCUT2D eigenvalue weighted by molar-refractivity contribution is 7.98. The lowest BCUT2D eigenvalue weighted by Crippen LogP contribution is -1.96. The maximum Gasteiger partial charge on any atom is 0.245 e. The van der Waals surface area contributed by atoms with Gasteiger partial charge in [0.05, 0.1) is 4.88 Å². The minimum absolute atomic E-state index is 0.176. The van der Waals surface area contributed by atoms with Crippen LogP contribution in [-0.2, 0) is 12.2 Å². The second-order valence-electron chi connectivity index (χ2n) is 2.84. The van der Waals surface area contributed by atoms with Crippen molar-refractivity contribution in [2.45, 2.75) is 12.2 Å². The Hall–Kier alpha value is -0.720. The molecule has 2 rings (SSSR count). The van der Waals surface area contributed by atoms with Crippen LogP contribution in [0.2, 0.25) is 0 Å². The van der Waals surface area contributed by atoms with Crippen molar-refractivity contribution in [2.24, 2.45) is 0 Å². The fourth-order valence-corrected chi connectivity index (χ4v) is 3.61. The molecule has 0 saturated heterocycles. The lowest BCUT2D eigenvalue weighted by atomic mass is 10.2. The molecule has 0 bridgehead atoms. The van der Waals surface area contributed by atoms with Crippen LogP contribution in [0.1, 0.15) is 20.1 Å². The van der Waals surface area contributed by atoms with Crippen LogP contribution < -0.4 is 0 Å². The highest BCUT2D eigenvalue weighted by Gasteiger charge is 2.15. The molecule has 0 atom stereocenters. The van der Waals surface area contributed by atoms with Gasteiger partial charge in [0.1, 0.15) is 0 Å². The number of hydrogen-bond donors (Lipinski definition) is 0. The van der Waals surface area contributed by atoms with Crippen molar-refractivity contribution in [3.63, 3.8) is 0 Å². The summed E-state index contributed by atoms with van der Waals surface area (Å²) in [5, 5.41) is 0. The zero-order valence-corrected chi connectivity index (χ0v) is 8.63. The first-order chi connectivity index (χ1) is 6.31. The number of aryl methyl sites for hydroxylation is 1. The molecule has 13 heavy (non-hydrogen) atoms. The van der Waals surface area contributed by atoms with E-state index in [4.69, 9.17) is 6.42 Å². The molecule has 1 aliphatic heterocycles. The summed E-state index contributed by atoms with van der Waals surface area (Å²) in [5.41, 5.74) is 1.31. The Morgan fingerprint density at radius 3 is 3.15 bits per heavy atom. The van der Waals surface area contributed by atoms with E-state index in [9.17, 15) is 4.79 Å². The van der Waals surface area contributed by atoms with Gasteiger partial charge in [-0.2, -0.15) is 11.8 Å². The summed E-state index contributed by atoms with van der Waals surface area (Å²) in [5.74, 6) is 4.17. The van der Waals surface area contributed by atoms with Crippen molar-refractivity contribution in [3.05, 3.63) is 21.4 Å². The van der Waals surface area contributed by atoms with Crippen molar-refractivity contribution in [1.82, 2.24) is 0 Å². The van der Waals surface area contributed by atoms with E-state index in [1.807, 2.05) is 17.8 Å². The van der Waals surface area contributed by atoms with Crippen LogP contribution in [-0.4, -0.2) is 11.5 Å². The van der Waals surface area contributed by atoms with Crippen LogP contribution >= 0.6 is 23.1 Å². The van der Waals surface area contributed by atoms with Gasteiger partial charge < -0.3 is 0 Å². The summed E-state index contributed by atoms with van der Waals surface area (Å²) < 4.78 is 0. The van der Waals surface area contributed by atoms with Gasteiger partial charge in [-0.15, -0.1) is 17.8 Å². The summed E-state index contributed by atoms with van der Waals surface area (Å²) in [4.78, 5) is 13.3. The quantitative estimate of drug-likeness (QED) is 0.400. The van der Waals surface area contributed by atoms with Gasteiger partial charge in [0.2, 0.25) is 5.78 Å². The highest BCUT2D eigenvalue weighted by Crippen LogP contribution is 2.31. The number of hydrogen-bond acceptors (Lipinski definition) is 3. The molecule has 0 saturated carbocycles. The second kappa shape index (κ2) is 3.57. The minimum atomic E-state index is -0.176. The molecule has 66 valence electrons. The lowest BCUT2D eigenvalue weighted by molar-refractivity contribution is 0.106. The lowest BCUT2D eigenvalue weighted by Gasteiger charge is -2.08. The van der Waals surface area contributed by atoms with Crippen molar-refractivity contribution in [3.8, 4) is 12.3 Å². The minimum Gasteiger partial charge on any atom is -0.278 e. The Morgan fingerprint density at radius 1 is 1.62 bits per heavy atom. The summed E-state index contributed by atoms with van der Waals surface area (Å²) in [6.07, 6.45) is 6.15. The van der Waals surface area contributed by atoms with Crippen LogP contribution in [0.4, 0.5) is 0 Å². The van der Waals surface area contributed by atoms with E-state index in [0.29, 0.717) is 0 Å². The van der Waals surface area contributed by atoms with Gasteiger partial charge in [0.25, 0.3) is 0 Å². The molecule has 0 aromatic carbocycles. The first-order valence-electron chi connectivity index (χ1n) is 4.01. The Bertz CT molecular complexity index is 361. The molecule has 1 aliphatic rings. The van der Waals surface area contributed by atoms with Crippen LogP contribution in [0.25, 0.3) is 0 Å². The van der Waals surface area contributed by atoms with Crippen LogP contribution in [0, 0.1) is 12.3 Å². The van der Waals surface area contributed by atoms with E-state index < -0.39 is 0 Å². The molecule has 0 radical (unpaired) electrons. The van der Waals surface area contributed by atoms with Crippen molar-refractivity contribution < 1.29 is 4.79 Å². The third kappa shape index (κ3) is 1.65. The van der Waals surface area contributed by atoms with Crippen LogP contribution in [0.3, 0.4) is 0 Å². The fraction of sp³-hybridized carbons (Fsp3) is 0.300. The zero-order valence-electron chi connectivity index (χ0n) is 7.00. The Labute approximate surface area is 85.5 Å². The number of terminal acetylenes is 1. The fourth-order valence-electron chi connectivity index (χ4n) is 1.33. The van der Waals surface area contributed by atoms with Gasteiger partial charge in [-0.3, -0.25) is 4.79 Å². The molecular formula is C10H8OS2. The SMILES string of the molecule is C#CC(=O)c1cc2c(s1)CCSC2. The van der Waals surface area contributed by atoms with Gasteiger partial charge >= 0.3 is 0 Å². The Kier molecular flexibility index (Phi) is 2.43. The standard InChI is InChI=1S/C10H8OS2/c1-2-8(11)10-5-7-6-12-4-3-9(7)13-10/h1,5H,3-4,6H2. The largest absolute Gasteiger partial charge is 0.278 e. The summed E-state index contributed by atoms with van der Waals surface area (Å²) in [6, 6.07) is 1.95. The number of rotatable bonds is 1. The zero-order chi connectivity index (χ0) is 9.26. The van der Waals surface area contributed by atoms with Gasteiger partial charge in [-0.25, -0.2) is 0 Å². The molecule has 3 heteroatoms. The van der Waals surface area contributed by atoms with E-state index in [1.165, 1.54) is 10.4 Å². The van der Waals surface area contributed by atoms with Gasteiger partial charge in [-0.05, 0) is 29.7 Å². The second-order valence-corrected chi connectivity index (χ2v) is 5.08. The normalized spacial score (nSPS) is 14.7. The maximum atomic E-state index is 11.2. The smallest absolute Gasteiger partial charge is 0.245 e. The average Bonchev–Trinajstić information content (AvgIpc) is 2.59. The third-order valence-electron chi connectivity index (χ3n) is 1.98. The molecule has 0 spiro atoms. The van der Waals surface area contributed by atoms with Crippen molar-refractivity contribution in [2.75, 3.05) is 5.75 Å². The molecule has 1 nitrogen and oxygen atoms in total. The molecule has 0 fully saturated rings. The average molecular weight is 208 g/mol. The monoisotopic (exact) mass is 208 g/mol. The van der Waals surface area contributed by atoms with Gasteiger partial charge in [0, 0.05) is 10.6 Å². The number of Topliss-reactive ketones (excluding diaryl/α,β-unsaturated/α-hetero) is 1. The number of carbonyl (C=O) groups is 1. The van der Waals surface area contributed by atoms with E-state index in [-0.39, 0.29) is 5.78 Å². The van der Waals surface area contributed by atoms with E-state index >= 15 is 0 Å². The molecule has 2 heterocycles. The molecule has 1 aromatic heterocycles. The Balaban J connectivity index is 2.36. The molecule has 0 amide bonds. The number of fused-ring (bicyclic) bond motifs is 1. The first kappa shape index (κ1) is 8.86. The first-order valence-corrected chi connectivity index (χ1v) is 5.98. The van der Waals surface area contributed by atoms with E-state index in [0.717, 1.165) is 22.8 Å². The Morgan fingerprint density at radius 2 is 2.46 bits per heavy atom. The van der Waals surface area contributed by atoms with Gasteiger partial charge in [0.15, 0.2) is 0 Å². The number of thioether (sulfide) groups is 1. The maximum absolute atomic E-state index is 11.2. The summed E-state index contributed by atoms with van der Waals surface area (Å²) in [6.45, 7) is 0. The number of thiophene rings is 1. The third-order valence-corrected chi connectivity index (χ3v) is 4.23. The number of carbonyl (C=O) groups excluding carboxylic acids is 1. The molecular weight excluding hydrogens is 200 g/mol. The number of ketones is 1. The topological polar surface area (TPSA) is 17.1 Å². The van der Waals surface area contributed by atoms with Crippen molar-refractivity contribution in [1.29, 1.82) is 0 Å². The van der Waals surface area contributed by atoms with Crippen LogP contribution in [0.5, 0.6) is 0 Å². The predicted molar refractivity (Wildman–Crippen MR) is 57.3 cm³/mol. The highest BCUT2D eigenvalue weighted by atomic mass is 32.2. The summed E-state index contributed by atoms with van der Waals surface area (Å²) >= 11 is 3.48. The van der Waals surface area contributed by atoms with E-state index in [2.05, 4.69) is 5.92 Å². The van der Waals surface area contributed by atoms with E-state index in [1.54, 1.807) is 11.3 Å². The van der Waals surface area contributed by atoms with Crippen LogP contribution in [0.15, 0.2) is 6.07 Å². The van der Waals surface area contributed by atoms with Gasteiger partial charge in [-0.1, -0.05) is 0 Å². The van der Waals surface area contributed by atoms with Crippen molar-refractivity contribution >= 4 is 28.9 Å². The molecule has 0 unspecified atom stereocenters. The molecule has 0 N–H and O–H groups in total. The predicted octanol–water partition coefficient (Wildman–Crippen LogP) is 2.35.